The summed E-state index contributed by atoms with van der Waals surface area (Å²) in [6.45, 7) is 6.25. The topological polar surface area (TPSA) is 37.8 Å². The van der Waals surface area contributed by atoms with Crippen molar-refractivity contribution in [2.45, 2.75) is 20.4 Å². The van der Waals surface area contributed by atoms with Gasteiger partial charge in [0, 0.05) is 6.54 Å². The van der Waals surface area contributed by atoms with E-state index in [1.807, 2.05) is 0 Å². The van der Waals surface area contributed by atoms with Crippen molar-refractivity contribution in [2.75, 3.05) is 6.54 Å². The van der Waals surface area contributed by atoms with Crippen molar-refractivity contribution in [2.24, 2.45) is 5.92 Å². The van der Waals surface area contributed by atoms with E-state index in [1.165, 1.54) is 11.7 Å². The van der Waals surface area contributed by atoms with Crippen LogP contribution in [0.15, 0.2) is 6.20 Å². The zero-order chi connectivity index (χ0) is 8.10. The summed E-state index contributed by atoms with van der Waals surface area (Å²) in [7, 11) is 0. The van der Waals surface area contributed by atoms with Crippen LogP contribution in [-0.4, -0.2) is 15.3 Å². The minimum absolute atomic E-state index is 0.696. The van der Waals surface area contributed by atoms with Crippen LogP contribution in [0.3, 0.4) is 0 Å². The summed E-state index contributed by atoms with van der Waals surface area (Å²) in [6, 6.07) is 0. The normalized spacial score (nSPS) is 10.8. The standard InChI is InChI=1S/C7H13N3S/c1-6(2)3-8-4-7-5-9-11-10-7/h5-6,8H,3-4H2,1-2H3. The molecule has 0 bridgehead atoms. The Balaban J connectivity index is 2.14. The third kappa shape index (κ3) is 3.43. The number of nitrogens with one attached hydrogen (secondary N) is 1. The van der Waals surface area contributed by atoms with Gasteiger partial charge in [-0.15, -0.1) is 0 Å². The molecule has 1 heterocycles. The monoisotopic (exact) mass is 171 g/mol. The molecule has 0 spiro atoms. The van der Waals surface area contributed by atoms with E-state index in [4.69, 9.17) is 0 Å². The van der Waals surface area contributed by atoms with Gasteiger partial charge in [-0.2, -0.15) is 8.75 Å². The Morgan fingerprint density at radius 1 is 1.64 bits per heavy atom. The molecule has 0 fully saturated rings. The first-order valence-electron chi connectivity index (χ1n) is 3.76. The minimum Gasteiger partial charge on any atom is -0.311 e. The van der Waals surface area contributed by atoms with Crippen molar-refractivity contribution in [3.63, 3.8) is 0 Å². The predicted octanol–water partition coefficient (Wildman–Crippen LogP) is 1.28. The fourth-order valence-electron chi connectivity index (χ4n) is 0.751. The van der Waals surface area contributed by atoms with Gasteiger partial charge in [-0.05, 0) is 12.5 Å². The summed E-state index contributed by atoms with van der Waals surface area (Å²) in [4.78, 5) is 0. The Kier molecular flexibility index (Phi) is 3.45. The van der Waals surface area contributed by atoms with E-state index >= 15 is 0 Å². The summed E-state index contributed by atoms with van der Waals surface area (Å²) in [5.74, 6) is 0.696. The molecule has 1 aromatic rings. The molecule has 0 unspecified atom stereocenters. The van der Waals surface area contributed by atoms with Crippen molar-refractivity contribution in [3.05, 3.63) is 11.9 Å². The average molecular weight is 171 g/mol. The molecule has 1 rings (SSSR count). The van der Waals surface area contributed by atoms with Gasteiger partial charge < -0.3 is 5.32 Å². The first-order chi connectivity index (χ1) is 5.29. The molecule has 4 heteroatoms. The molecular weight excluding hydrogens is 158 g/mol. The highest BCUT2D eigenvalue weighted by Crippen LogP contribution is 1.94. The molecule has 0 saturated carbocycles. The summed E-state index contributed by atoms with van der Waals surface area (Å²) < 4.78 is 7.99. The molecule has 62 valence electrons. The van der Waals surface area contributed by atoms with Crippen molar-refractivity contribution in [1.29, 1.82) is 0 Å². The van der Waals surface area contributed by atoms with Crippen LogP contribution in [0.1, 0.15) is 19.5 Å². The molecule has 1 aromatic heterocycles. The maximum Gasteiger partial charge on any atom is 0.0880 e. The molecule has 0 aliphatic carbocycles. The minimum atomic E-state index is 0.696. The number of nitrogens with zero attached hydrogens (tertiary/aromatic N) is 2. The lowest BCUT2D eigenvalue weighted by atomic mass is 10.2. The van der Waals surface area contributed by atoms with Crippen LogP contribution in [0, 0.1) is 5.92 Å². The van der Waals surface area contributed by atoms with Gasteiger partial charge in [-0.3, -0.25) is 0 Å². The third-order valence-electron chi connectivity index (χ3n) is 1.27. The van der Waals surface area contributed by atoms with Crippen LogP contribution in [0.4, 0.5) is 0 Å². The fraction of sp³-hybridized carbons (Fsp3) is 0.714. The van der Waals surface area contributed by atoms with E-state index in [0.717, 1.165) is 18.8 Å². The number of hydrogen-bond donors (Lipinski definition) is 1. The molecule has 1 N–H and O–H groups in total. The van der Waals surface area contributed by atoms with Gasteiger partial charge in [0.1, 0.15) is 0 Å². The number of aromatic nitrogens is 2. The summed E-state index contributed by atoms with van der Waals surface area (Å²) in [5, 5.41) is 3.29. The number of rotatable bonds is 4. The van der Waals surface area contributed by atoms with Gasteiger partial charge >= 0.3 is 0 Å². The Bertz CT molecular complexity index is 184. The predicted molar refractivity (Wildman–Crippen MR) is 46.5 cm³/mol. The Morgan fingerprint density at radius 3 is 3.00 bits per heavy atom. The van der Waals surface area contributed by atoms with E-state index in [-0.39, 0.29) is 0 Å². The highest BCUT2D eigenvalue weighted by atomic mass is 32.1. The van der Waals surface area contributed by atoms with Crippen molar-refractivity contribution in [1.82, 2.24) is 14.1 Å². The molecule has 0 atom stereocenters. The molecule has 0 saturated heterocycles. The van der Waals surface area contributed by atoms with Crippen LogP contribution >= 0.6 is 11.7 Å². The van der Waals surface area contributed by atoms with Gasteiger partial charge in [-0.25, -0.2) is 0 Å². The second kappa shape index (κ2) is 4.41. The third-order valence-corrected chi connectivity index (χ3v) is 1.78. The fourth-order valence-corrected chi connectivity index (χ4v) is 1.18. The van der Waals surface area contributed by atoms with E-state index in [1.54, 1.807) is 6.20 Å². The maximum absolute atomic E-state index is 4.08. The molecule has 3 nitrogen and oxygen atoms in total. The van der Waals surface area contributed by atoms with Crippen LogP contribution < -0.4 is 5.32 Å². The first kappa shape index (κ1) is 8.62. The quantitative estimate of drug-likeness (QED) is 0.741. The van der Waals surface area contributed by atoms with Gasteiger partial charge in [-0.1, -0.05) is 13.8 Å². The lowest BCUT2D eigenvalue weighted by Crippen LogP contribution is -2.18. The molecule has 0 radical (unpaired) electrons. The summed E-state index contributed by atoms with van der Waals surface area (Å²) in [6.07, 6.45) is 1.80. The van der Waals surface area contributed by atoms with Crippen LogP contribution in [0.5, 0.6) is 0 Å². The summed E-state index contributed by atoms with van der Waals surface area (Å²) in [5.41, 5.74) is 1.04. The highest BCUT2D eigenvalue weighted by Gasteiger charge is 1.96. The molecular formula is C7H13N3S. The lowest BCUT2D eigenvalue weighted by Gasteiger charge is -2.03. The van der Waals surface area contributed by atoms with E-state index < -0.39 is 0 Å². The van der Waals surface area contributed by atoms with Gasteiger partial charge in [0.15, 0.2) is 0 Å². The zero-order valence-corrected chi connectivity index (χ0v) is 7.69. The first-order valence-corrected chi connectivity index (χ1v) is 4.49. The molecule has 0 aliphatic rings. The smallest absolute Gasteiger partial charge is 0.0880 e. The van der Waals surface area contributed by atoms with Gasteiger partial charge in [0.2, 0.25) is 0 Å². The Hall–Kier alpha value is -0.480. The van der Waals surface area contributed by atoms with E-state index in [9.17, 15) is 0 Å². The molecule has 0 amide bonds. The lowest BCUT2D eigenvalue weighted by molar-refractivity contribution is 0.549. The van der Waals surface area contributed by atoms with Crippen molar-refractivity contribution >= 4 is 11.7 Å². The van der Waals surface area contributed by atoms with Crippen LogP contribution in [-0.2, 0) is 6.54 Å². The summed E-state index contributed by atoms with van der Waals surface area (Å²) >= 11 is 1.26. The Labute approximate surface area is 71.2 Å². The highest BCUT2D eigenvalue weighted by molar-refractivity contribution is 6.99. The SMILES string of the molecule is CC(C)CNCc1cnsn1. The van der Waals surface area contributed by atoms with Gasteiger partial charge in [0.05, 0.1) is 23.6 Å². The van der Waals surface area contributed by atoms with Crippen molar-refractivity contribution in [3.8, 4) is 0 Å². The van der Waals surface area contributed by atoms with Crippen LogP contribution in [0.25, 0.3) is 0 Å². The number of hydrogen-bond acceptors (Lipinski definition) is 4. The van der Waals surface area contributed by atoms with E-state index in [2.05, 4.69) is 27.9 Å². The largest absolute Gasteiger partial charge is 0.311 e. The second-order valence-electron chi connectivity index (χ2n) is 2.92. The van der Waals surface area contributed by atoms with Crippen LogP contribution in [0.2, 0.25) is 0 Å². The average Bonchev–Trinajstić information content (AvgIpc) is 2.39. The van der Waals surface area contributed by atoms with Crippen molar-refractivity contribution < 1.29 is 0 Å². The molecule has 0 aromatic carbocycles. The second-order valence-corrected chi connectivity index (χ2v) is 3.48. The zero-order valence-electron chi connectivity index (χ0n) is 6.87. The Morgan fingerprint density at radius 2 is 2.45 bits per heavy atom. The molecule has 11 heavy (non-hydrogen) atoms. The van der Waals surface area contributed by atoms with Gasteiger partial charge in [0.25, 0.3) is 0 Å². The van der Waals surface area contributed by atoms with E-state index in [0.29, 0.717) is 5.92 Å². The maximum atomic E-state index is 4.08. The molecule has 0 aliphatic heterocycles.